The number of aryl methyl sites for hydroxylation is 1. The van der Waals surface area contributed by atoms with Gasteiger partial charge in [0.15, 0.2) is 5.82 Å². The van der Waals surface area contributed by atoms with Crippen LogP contribution in [0.4, 0.5) is 0 Å². The normalized spacial score (nSPS) is 17.0. The van der Waals surface area contributed by atoms with Crippen LogP contribution in [0, 0.1) is 0 Å². The van der Waals surface area contributed by atoms with Crippen molar-refractivity contribution in [3.8, 4) is 5.82 Å². The van der Waals surface area contributed by atoms with Gasteiger partial charge in [0.1, 0.15) is 12.7 Å². The largest absolute Gasteiger partial charge is 0.390 e. The fourth-order valence-corrected chi connectivity index (χ4v) is 1.80. The summed E-state index contributed by atoms with van der Waals surface area (Å²) in [6.45, 7) is 0. The second kappa shape index (κ2) is 3.92. The van der Waals surface area contributed by atoms with E-state index in [9.17, 15) is 5.11 Å². The van der Waals surface area contributed by atoms with Crippen molar-refractivity contribution < 1.29 is 5.11 Å². The van der Waals surface area contributed by atoms with Gasteiger partial charge in [-0.2, -0.15) is 5.10 Å². The molecule has 1 N–H and O–H groups in total. The number of hydrogen-bond donors (Lipinski definition) is 1. The van der Waals surface area contributed by atoms with Crippen molar-refractivity contribution in [1.82, 2.24) is 19.7 Å². The Bertz CT molecular complexity index is 488. The van der Waals surface area contributed by atoms with Crippen LogP contribution in [-0.2, 0) is 6.42 Å². The summed E-state index contributed by atoms with van der Waals surface area (Å²) in [4.78, 5) is 8.20. The lowest BCUT2D eigenvalue weighted by atomic mass is 10.1. The maximum absolute atomic E-state index is 9.75. The third kappa shape index (κ3) is 2.34. The quantitative estimate of drug-likeness (QED) is 0.854. The van der Waals surface area contributed by atoms with Crippen LogP contribution in [-0.4, -0.2) is 30.5 Å². The van der Waals surface area contributed by atoms with Gasteiger partial charge in [0.25, 0.3) is 0 Å². The summed E-state index contributed by atoms with van der Waals surface area (Å²) in [6.07, 6.45) is 8.53. The second-order valence-electron chi connectivity index (χ2n) is 4.59. The summed E-state index contributed by atoms with van der Waals surface area (Å²) in [7, 11) is 0. The van der Waals surface area contributed by atoms with Crippen molar-refractivity contribution in [3.63, 3.8) is 0 Å². The number of rotatable bonds is 4. The number of pyridine rings is 1. The van der Waals surface area contributed by atoms with Crippen LogP contribution in [0.25, 0.3) is 5.82 Å². The Hall–Kier alpha value is -1.75. The summed E-state index contributed by atoms with van der Waals surface area (Å²) in [5.74, 6) is 0.761. The molecule has 0 radical (unpaired) electrons. The fraction of sp³-hybridized carbons (Fsp3) is 0.417. The first kappa shape index (κ1) is 10.4. The number of aromatic nitrogens is 4. The van der Waals surface area contributed by atoms with Gasteiger partial charge in [-0.1, -0.05) is 6.07 Å². The minimum absolute atomic E-state index is 0.384. The van der Waals surface area contributed by atoms with E-state index in [1.54, 1.807) is 11.0 Å². The lowest BCUT2D eigenvalue weighted by Crippen LogP contribution is -2.08. The van der Waals surface area contributed by atoms with E-state index >= 15 is 0 Å². The van der Waals surface area contributed by atoms with E-state index in [0.29, 0.717) is 0 Å². The van der Waals surface area contributed by atoms with Crippen LogP contribution in [0.15, 0.2) is 31.0 Å². The molecule has 0 aromatic carbocycles. The zero-order valence-electron chi connectivity index (χ0n) is 9.45. The molecule has 2 heterocycles. The standard InChI is InChI=1S/C12H14N4O/c17-12(5-6-12)4-3-10-1-2-11(14-7-10)16-9-13-8-15-16/h1-2,7-9,17H,3-6H2. The molecule has 1 saturated carbocycles. The van der Waals surface area contributed by atoms with Crippen molar-refractivity contribution >= 4 is 0 Å². The Kier molecular flexibility index (Phi) is 2.40. The van der Waals surface area contributed by atoms with Crippen LogP contribution >= 0.6 is 0 Å². The molecule has 1 aliphatic rings. The van der Waals surface area contributed by atoms with Gasteiger partial charge in [-0.15, -0.1) is 0 Å². The molecule has 0 saturated heterocycles. The van der Waals surface area contributed by atoms with E-state index in [1.807, 2.05) is 18.3 Å². The van der Waals surface area contributed by atoms with Crippen molar-refractivity contribution in [2.24, 2.45) is 0 Å². The topological polar surface area (TPSA) is 63.8 Å². The van der Waals surface area contributed by atoms with Crippen LogP contribution < -0.4 is 0 Å². The molecule has 88 valence electrons. The molecule has 0 bridgehead atoms. The zero-order valence-corrected chi connectivity index (χ0v) is 9.45. The highest BCUT2D eigenvalue weighted by atomic mass is 16.3. The average Bonchev–Trinajstić information content (AvgIpc) is 2.89. The SMILES string of the molecule is OC1(CCc2ccc(-n3cncn3)nc2)CC1. The predicted octanol–water partition coefficient (Wildman–Crippen LogP) is 1.12. The van der Waals surface area contributed by atoms with Crippen molar-refractivity contribution in [1.29, 1.82) is 0 Å². The van der Waals surface area contributed by atoms with Gasteiger partial charge in [-0.3, -0.25) is 0 Å². The molecule has 0 spiro atoms. The Morgan fingerprint density at radius 3 is 2.82 bits per heavy atom. The molecule has 1 aliphatic carbocycles. The van der Waals surface area contributed by atoms with E-state index in [1.165, 1.54) is 6.33 Å². The van der Waals surface area contributed by atoms with E-state index < -0.39 is 0 Å². The summed E-state index contributed by atoms with van der Waals surface area (Å²) < 4.78 is 1.62. The minimum atomic E-state index is -0.384. The molecule has 0 aliphatic heterocycles. The fourth-order valence-electron chi connectivity index (χ4n) is 1.80. The van der Waals surface area contributed by atoms with E-state index in [4.69, 9.17) is 0 Å². The zero-order chi connectivity index (χ0) is 11.7. The van der Waals surface area contributed by atoms with Crippen LogP contribution in [0.2, 0.25) is 0 Å². The molecule has 0 amide bonds. The van der Waals surface area contributed by atoms with Gasteiger partial charge in [0.05, 0.1) is 5.60 Å². The monoisotopic (exact) mass is 230 g/mol. The Labute approximate surface area is 99.1 Å². The van der Waals surface area contributed by atoms with E-state index in [0.717, 1.165) is 37.1 Å². The highest BCUT2D eigenvalue weighted by Gasteiger charge is 2.39. The lowest BCUT2D eigenvalue weighted by Gasteiger charge is -2.07. The molecule has 5 nitrogen and oxygen atoms in total. The maximum atomic E-state index is 9.75. The lowest BCUT2D eigenvalue weighted by molar-refractivity contribution is 0.140. The van der Waals surface area contributed by atoms with Gasteiger partial charge in [0, 0.05) is 6.20 Å². The number of nitrogens with zero attached hydrogens (tertiary/aromatic N) is 4. The van der Waals surface area contributed by atoms with Gasteiger partial charge in [0.2, 0.25) is 0 Å². The highest BCUT2D eigenvalue weighted by molar-refractivity contribution is 5.24. The van der Waals surface area contributed by atoms with Crippen LogP contribution in [0.1, 0.15) is 24.8 Å². The smallest absolute Gasteiger partial charge is 0.155 e. The van der Waals surface area contributed by atoms with Crippen LogP contribution in [0.3, 0.4) is 0 Å². The van der Waals surface area contributed by atoms with Crippen molar-refractivity contribution in [2.45, 2.75) is 31.3 Å². The molecule has 5 heteroatoms. The summed E-state index contributed by atoms with van der Waals surface area (Å²) in [5.41, 5.74) is 0.763. The Morgan fingerprint density at radius 1 is 1.35 bits per heavy atom. The van der Waals surface area contributed by atoms with Crippen molar-refractivity contribution in [3.05, 3.63) is 36.5 Å². The molecular weight excluding hydrogens is 216 g/mol. The second-order valence-corrected chi connectivity index (χ2v) is 4.59. The molecule has 0 unspecified atom stereocenters. The number of hydrogen-bond acceptors (Lipinski definition) is 4. The summed E-state index contributed by atoms with van der Waals surface area (Å²) in [5, 5.41) is 13.8. The average molecular weight is 230 g/mol. The molecule has 2 aromatic rings. The van der Waals surface area contributed by atoms with E-state index in [-0.39, 0.29) is 5.60 Å². The Morgan fingerprint density at radius 2 is 2.24 bits per heavy atom. The molecule has 17 heavy (non-hydrogen) atoms. The third-order valence-electron chi connectivity index (χ3n) is 3.17. The number of aliphatic hydroxyl groups is 1. The first-order valence-corrected chi connectivity index (χ1v) is 5.78. The molecule has 0 atom stereocenters. The first-order valence-electron chi connectivity index (χ1n) is 5.78. The molecule has 2 aromatic heterocycles. The predicted molar refractivity (Wildman–Crippen MR) is 61.7 cm³/mol. The van der Waals surface area contributed by atoms with Gasteiger partial charge in [-0.25, -0.2) is 14.6 Å². The molecule has 1 fully saturated rings. The summed E-state index contributed by atoms with van der Waals surface area (Å²) in [6, 6.07) is 3.94. The molecule has 3 rings (SSSR count). The molecular formula is C12H14N4O. The first-order chi connectivity index (χ1) is 8.25. The van der Waals surface area contributed by atoms with Crippen molar-refractivity contribution in [2.75, 3.05) is 0 Å². The van der Waals surface area contributed by atoms with Crippen LogP contribution in [0.5, 0.6) is 0 Å². The highest BCUT2D eigenvalue weighted by Crippen LogP contribution is 2.39. The van der Waals surface area contributed by atoms with Gasteiger partial charge < -0.3 is 5.11 Å². The minimum Gasteiger partial charge on any atom is -0.390 e. The Balaban J connectivity index is 1.67. The maximum Gasteiger partial charge on any atom is 0.155 e. The summed E-state index contributed by atoms with van der Waals surface area (Å²) >= 11 is 0. The van der Waals surface area contributed by atoms with Gasteiger partial charge in [-0.05, 0) is 37.3 Å². The van der Waals surface area contributed by atoms with Gasteiger partial charge >= 0.3 is 0 Å². The third-order valence-corrected chi connectivity index (χ3v) is 3.17. The van der Waals surface area contributed by atoms with E-state index in [2.05, 4.69) is 15.1 Å².